The normalized spacial score (nSPS) is 13.4. The molecule has 0 atom stereocenters. The molecular weight excluding hydrogens is 392 g/mol. The number of carbonyl (C=O) groups is 2. The summed E-state index contributed by atoms with van der Waals surface area (Å²) in [6.07, 6.45) is 0. The van der Waals surface area contributed by atoms with E-state index in [0.717, 1.165) is 33.4 Å². The lowest BCUT2D eigenvalue weighted by Crippen LogP contribution is -2.14. The smallest absolute Gasteiger partial charge is 0.194 e. The molecule has 2 nitrogen and oxygen atoms in total. The van der Waals surface area contributed by atoms with Crippen molar-refractivity contribution in [3.05, 3.63) is 153 Å². The van der Waals surface area contributed by atoms with Crippen LogP contribution in [0.15, 0.2) is 109 Å². The van der Waals surface area contributed by atoms with Crippen LogP contribution >= 0.6 is 0 Å². The molecule has 4 aromatic carbocycles. The Balaban J connectivity index is 1.73. The highest BCUT2D eigenvalue weighted by Crippen LogP contribution is 2.37. The molecule has 2 aliphatic rings. The topological polar surface area (TPSA) is 34.1 Å². The first-order chi connectivity index (χ1) is 15.7. The lowest BCUT2D eigenvalue weighted by molar-refractivity contribution is 0.102. The van der Waals surface area contributed by atoms with Crippen molar-refractivity contribution in [3.63, 3.8) is 0 Å². The minimum atomic E-state index is 0.0216. The summed E-state index contributed by atoms with van der Waals surface area (Å²) in [5.74, 6) is 0.0433. The largest absolute Gasteiger partial charge is 0.289 e. The van der Waals surface area contributed by atoms with E-state index in [1.165, 1.54) is 0 Å². The highest BCUT2D eigenvalue weighted by Gasteiger charge is 2.27. The first-order valence-electron chi connectivity index (χ1n) is 10.5. The average molecular weight is 408 g/mol. The predicted molar refractivity (Wildman–Crippen MR) is 125 cm³/mol. The van der Waals surface area contributed by atoms with Crippen molar-refractivity contribution in [2.75, 3.05) is 0 Å². The van der Waals surface area contributed by atoms with E-state index >= 15 is 0 Å². The van der Waals surface area contributed by atoms with E-state index in [2.05, 4.69) is 11.5 Å². The summed E-state index contributed by atoms with van der Waals surface area (Å²) in [6.45, 7) is 0. The van der Waals surface area contributed by atoms with Crippen molar-refractivity contribution < 1.29 is 9.59 Å². The Kier molecular flexibility index (Phi) is 4.03. The van der Waals surface area contributed by atoms with E-state index < -0.39 is 0 Å². The Hall–Kier alpha value is -4.48. The van der Waals surface area contributed by atoms with Gasteiger partial charge in [0.05, 0.1) is 0 Å². The Labute approximate surface area is 185 Å². The first-order valence-corrected chi connectivity index (χ1v) is 10.5. The molecule has 32 heavy (non-hydrogen) atoms. The van der Waals surface area contributed by atoms with Gasteiger partial charge in [-0.3, -0.25) is 9.59 Å². The van der Waals surface area contributed by atoms with Crippen LogP contribution in [0.2, 0.25) is 0 Å². The molecule has 0 saturated carbocycles. The Morgan fingerprint density at radius 3 is 0.812 bits per heavy atom. The number of benzene rings is 4. The minimum Gasteiger partial charge on any atom is -0.289 e. The van der Waals surface area contributed by atoms with Gasteiger partial charge >= 0.3 is 0 Å². The minimum absolute atomic E-state index is 0.0216. The summed E-state index contributed by atoms with van der Waals surface area (Å²) in [7, 11) is 0. The molecule has 0 radical (unpaired) electrons. The second-order valence-electron chi connectivity index (χ2n) is 7.84. The first kappa shape index (κ1) is 18.3. The third kappa shape index (κ3) is 2.62. The van der Waals surface area contributed by atoms with Crippen molar-refractivity contribution in [2.24, 2.45) is 0 Å². The fraction of sp³-hybridized carbons (Fsp3) is 0. The molecule has 0 fully saturated rings. The van der Waals surface area contributed by atoms with Crippen molar-refractivity contribution >= 4 is 22.7 Å². The average Bonchev–Trinajstić information content (AvgIpc) is 2.86. The highest BCUT2D eigenvalue weighted by molar-refractivity contribution is 6.20. The zero-order valence-corrected chi connectivity index (χ0v) is 17.1. The molecule has 0 aliphatic heterocycles. The molecule has 0 saturated heterocycles. The van der Waals surface area contributed by atoms with Crippen LogP contribution in [0.1, 0.15) is 54.1 Å². The van der Waals surface area contributed by atoms with E-state index in [1.54, 1.807) is 0 Å². The van der Waals surface area contributed by atoms with Gasteiger partial charge < -0.3 is 0 Å². The van der Waals surface area contributed by atoms with Gasteiger partial charge in [-0.25, -0.2) is 0 Å². The monoisotopic (exact) mass is 408 g/mol. The molecule has 2 aliphatic carbocycles. The van der Waals surface area contributed by atoms with Crippen LogP contribution < -0.4 is 0 Å². The van der Waals surface area contributed by atoms with Crippen molar-refractivity contribution in [2.45, 2.75) is 0 Å². The predicted octanol–water partition coefficient (Wildman–Crippen LogP) is 6.09. The number of hydrogen-bond donors (Lipinski definition) is 0. The number of ketones is 2. The molecule has 0 heterocycles. The second-order valence-corrected chi connectivity index (χ2v) is 7.84. The number of hydrogen-bond acceptors (Lipinski definition) is 2. The van der Waals surface area contributed by atoms with Gasteiger partial charge in [0.25, 0.3) is 0 Å². The van der Waals surface area contributed by atoms with Gasteiger partial charge in [-0.05, 0) is 0 Å². The summed E-state index contributed by atoms with van der Waals surface area (Å²) in [6, 6.07) is 30.4. The van der Waals surface area contributed by atoms with Gasteiger partial charge in [0, 0.05) is 55.7 Å². The van der Waals surface area contributed by atoms with E-state index in [4.69, 9.17) is 0 Å². The molecule has 0 spiro atoms. The maximum Gasteiger partial charge on any atom is 0.194 e. The molecule has 4 aromatic rings. The van der Waals surface area contributed by atoms with Gasteiger partial charge in [-0.2, -0.15) is 0 Å². The van der Waals surface area contributed by atoms with E-state index in [-0.39, 0.29) is 11.6 Å². The fourth-order valence-electron chi connectivity index (χ4n) is 4.57. The van der Waals surface area contributed by atoms with E-state index in [0.29, 0.717) is 22.3 Å². The summed E-state index contributed by atoms with van der Waals surface area (Å²) in [5.41, 5.74) is 14.5. The van der Waals surface area contributed by atoms with Gasteiger partial charge in [0.2, 0.25) is 0 Å². The molecule has 0 unspecified atom stereocenters. The summed E-state index contributed by atoms with van der Waals surface area (Å²) < 4.78 is 0. The second kappa shape index (κ2) is 7.04. The lowest BCUT2D eigenvalue weighted by Gasteiger charge is -2.20. The Bertz CT molecular complexity index is 1350. The Morgan fingerprint density at radius 1 is 0.344 bits per heavy atom. The third-order valence-electron chi connectivity index (χ3n) is 6.08. The van der Waals surface area contributed by atoms with Crippen molar-refractivity contribution in [3.8, 4) is 0 Å². The molecule has 0 amide bonds. The lowest BCUT2D eigenvalue weighted by atomic mass is 9.80. The van der Waals surface area contributed by atoms with Crippen LogP contribution in [0.3, 0.4) is 0 Å². The quantitative estimate of drug-likeness (QED) is 0.285. The molecule has 0 N–H and O–H groups in total. The van der Waals surface area contributed by atoms with Gasteiger partial charge in [0.15, 0.2) is 11.6 Å². The third-order valence-corrected chi connectivity index (χ3v) is 6.08. The molecular formula is C30H16O2. The van der Waals surface area contributed by atoms with Crippen LogP contribution in [-0.2, 0) is 0 Å². The Morgan fingerprint density at radius 2 is 0.562 bits per heavy atom. The number of fused-ring (bicyclic) bond motifs is 4. The number of carbonyl (C=O) groups excluding carboxylic acids is 2. The molecule has 6 rings (SSSR count). The van der Waals surface area contributed by atoms with E-state index in [1.807, 2.05) is 97.1 Å². The zero-order valence-electron chi connectivity index (χ0n) is 17.1. The summed E-state index contributed by atoms with van der Waals surface area (Å²) >= 11 is 0. The van der Waals surface area contributed by atoms with Crippen LogP contribution in [0, 0.1) is 0 Å². The van der Waals surface area contributed by atoms with E-state index in [9.17, 15) is 9.59 Å². The van der Waals surface area contributed by atoms with Gasteiger partial charge in [0.1, 0.15) is 0 Å². The maximum atomic E-state index is 13.0. The fourth-order valence-corrected chi connectivity index (χ4v) is 4.57. The summed E-state index contributed by atoms with van der Waals surface area (Å²) in [5, 5.41) is 0. The standard InChI is InChI=1S/C30H16O2/c31-29-25-13-5-1-9-19(25)23(20-10-2-6-14-26(20)29)17-18-24-21-11-3-7-15-27(21)30(32)28-16-8-4-12-22(24)28/h1-16H. The molecule has 148 valence electrons. The molecule has 0 bridgehead atoms. The maximum absolute atomic E-state index is 13.0. The van der Waals surface area contributed by atoms with Crippen LogP contribution in [-0.4, -0.2) is 11.6 Å². The van der Waals surface area contributed by atoms with Gasteiger partial charge in [-0.1, -0.05) is 109 Å². The van der Waals surface area contributed by atoms with Crippen molar-refractivity contribution in [1.29, 1.82) is 0 Å². The van der Waals surface area contributed by atoms with Crippen LogP contribution in [0.25, 0.3) is 11.1 Å². The van der Waals surface area contributed by atoms with Crippen LogP contribution in [0.4, 0.5) is 0 Å². The molecule has 0 aromatic heterocycles. The van der Waals surface area contributed by atoms with Gasteiger partial charge in [-0.15, -0.1) is 0 Å². The highest BCUT2D eigenvalue weighted by atomic mass is 16.1. The van der Waals surface area contributed by atoms with Crippen molar-refractivity contribution in [1.82, 2.24) is 0 Å². The molecule has 2 heteroatoms. The number of rotatable bonds is 0. The zero-order chi connectivity index (χ0) is 21.7. The summed E-state index contributed by atoms with van der Waals surface area (Å²) in [4.78, 5) is 26.0. The van der Waals surface area contributed by atoms with Crippen LogP contribution in [0.5, 0.6) is 0 Å². The SMILES string of the molecule is O=C1c2ccccc2C(=C=C=C2c3ccccc3C(=O)c3ccccc32)c2ccccc21.